The molecule has 0 spiro atoms. The van der Waals surface area contributed by atoms with Gasteiger partial charge in [-0.15, -0.1) is 6.58 Å². The molecule has 0 unspecified atom stereocenters. The average Bonchev–Trinajstić information content (AvgIpc) is 2.61. The fourth-order valence-electron chi connectivity index (χ4n) is 3.14. The molecule has 1 nitrogen and oxygen atoms in total. The normalized spacial score (nSPS) is 11.0. The van der Waals surface area contributed by atoms with Crippen LogP contribution in [0, 0.1) is 0 Å². The Kier molecular flexibility index (Phi) is 3.39. The Morgan fingerprint density at radius 2 is 1.48 bits per heavy atom. The average molecular weight is 295 g/mol. The minimum atomic E-state index is 0.780. The van der Waals surface area contributed by atoms with E-state index in [0.29, 0.717) is 0 Å². The zero-order valence-electron chi connectivity index (χ0n) is 12.9. The monoisotopic (exact) mass is 295 g/mol. The molecular weight excluding hydrogens is 278 g/mol. The van der Waals surface area contributed by atoms with Crippen LogP contribution in [0.4, 0.5) is 0 Å². The minimum Gasteiger partial charge on any atom is -0.252 e. The third-order valence-corrected chi connectivity index (χ3v) is 4.19. The Balaban J connectivity index is 2.09. The van der Waals surface area contributed by atoms with Gasteiger partial charge in [-0.05, 0) is 22.2 Å². The van der Waals surface area contributed by atoms with Gasteiger partial charge in [-0.2, -0.15) is 0 Å². The SMILES string of the molecule is C=CCc1cc2ccccc2c(-c2cccc3ccccc23)n1. The van der Waals surface area contributed by atoms with E-state index in [4.69, 9.17) is 4.98 Å². The molecule has 1 heterocycles. The van der Waals surface area contributed by atoms with Crippen LogP contribution in [-0.4, -0.2) is 4.98 Å². The van der Waals surface area contributed by atoms with E-state index in [9.17, 15) is 0 Å². The van der Waals surface area contributed by atoms with E-state index in [2.05, 4.69) is 79.4 Å². The van der Waals surface area contributed by atoms with Gasteiger partial charge in [0.2, 0.25) is 0 Å². The van der Waals surface area contributed by atoms with E-state index in [1.54, 1.807) is 0 Å². The van der Waals surface area contributed by atoms with Crippen LogP contribution in [0.15, 0.2) is 85.5 Å². The second-order valence-electron chi connectivity index (χ2n) is 5.70. The van der Waals surface area contributed by atoms with Crippen LogP contribution in [-0.2, 0) is 6.42 Å². The van der Waals surface area contributed by atoms with Gasteiger partial charge >= 0.3 is 0 Å². The number of rotatable bonds is 3. The summed E-state index contributed by atoms with van der Waals surface area (Å²) < 4.78 is 0. The second kappa shape index (κ2) is 5.69. The van der Waals surface area contributed by atoms with E-state index >= 15 is 0 Å². The molecule has 0 amide bonds. The van der Waals surface area contributed by atoms with Crippen molar-refractivity contribution in [2.24, 2.45) is 0 Å². The van der Waals surface area contributed by atoms with Gasteiger partial charge in [-0.3, -0.25) is 4.98 Å². The van der Waals surface area contributed by atoms with Crippen LogP contribution in [0.1, 0.15) is 5.69 Å². The van der Waals surface area contributed by atoms with E-state index in [-0.39, 0.29) is 0 Å². The molecule has 0 aliphatic heterocycles. The van der Waals surface area contributed by atoms with Gasteiger partial charge in [0.15, 0.2) is 0 Å². The van der Waals surface area contributed by atoms with Crippen molar-refractivity contribution in [1.29, 1.82) is 0 Å². The first kappa shape index (κ1) is 13.7. The maximum absolute atomic E-state index is 4.94. The predicted octanol–water partition coefficient (Wildman–Crippen LogP) is 5.78. The lowest BCUT2D eigenvalue weighted by Gasteiger charge is -2.11. The van der Waals surface area contributed by atoms with Crippen molar-refractivity contribution in [3.63, 3.8) is 0 Å². The smallest absolute Gasteiger partial charge is 0.0789 e. The number of fused-ring (bicyclic) bond motifs is 2. The Labute approximate surface area is 135 Å². The molecule has 0 fully saturated rings. The summed E-state index contributed by atoms with van der Waals surface area (Å²) in [6.45, 7) is 3.85. The van der Waals surface area contributed by atoms with Crippen LogP contribution in [0.2, 0.25) is 0 Å². The molecule has 4 rings (SSSR count). The first-order valence-electron chi connectivity index (χ1n) is 7.84. The van der Waals surface area contributed by atoms with E-state index in [1.807, 2.05) is 6.08 Å². The lowest BCUT2D eigenvalue weighted by atomic mass is 9.97. The summed E-state index contributed by atoms with van der Waals surface area (Å²) in [5, 5.41) is 4.90. The number of hydrogen-bond acceptors (Lipinski definition) is 1. The summed E-state index contributed by atoms with van der Waals surface area (Å²) in [7, 11) is 0. The molecule has 0 radical (unpaired) electrons. The highest BCUT2D eigenvalue weighted by Gasteiger charge is 2.10. The highest BCUT2D eigenvalue weighted by atomic mass is 14.7. The third-order valence-electron chi connectivity index (χ3n) is 4.19. The molecule has 0 N–H and O–H groups in total. The fourth-order valence-corrected chi connectivity index (χ4v) is 3.14. The van der Waals surface area contributed by atoms with Gasteiger partial charge in [-0.1, -0.05) is 72.8 Å². The molecule has 110 valence electrons. The summed E-state index contributed by atoms with van der Waals surface area (Å²) in [6.07, 6.45) is 2.69. The topological polar surface area (TPSA) is 12.9 Å². The van der Waals surface area contributed by atoms with Crippen molar-refractivity contribution in [3.05, 3.63) is 91.1 Å². The molecular formula is C22H17N. The van der Waals surface area contributed by atoms with Crippen molar-refractivity contribution >= 4 is 21.5 Å². The first-order valence-corrected chi connectivity index (χ1v) is 7.84. The van der Waals surface area contributed by atoms with Crippen LogP contribution < -0.4 is 0 Å². The quantitative estimate of drug-likeness (QED) is 0.436. The number of aromatic nitrogens is 1. The molecule has 0 bridgehead atoms. The van der Waals surface area contributed by atoms with Gasteiger partial charge < -0.3 is 0 Å². The standard InChI is InChI=1S/C22H17N/c1-2-8-18-15-17-10-4-6-13-20(17)22(23-18)21-14-7-11-16-9-3-5-12-19(16)21/h2-7,9-15H,1,8H2. The number of nitrogens with zero attached hydrogens (tertiary/aromatic N) is 1. The molecule has 0 saturated carbocycles. The Hall–Kier alpha value is -2.93. The Bertz CT molecular complexity index is 1010. The molecule has 0 aliphatic rings. The molecule has 1 aromatic heterocycles. The van der Waals surface area contributed by atoms with E-state index < -0.39 is 0 Å². The largest absolute Gasteiger partial charge is 0.252 e. The predicted molar refractivity (Wildman–Crippen MR) is 98.6 cm³/mol. The number of hydrogen-bond donors (Lipinski definition) is 0. The molecule has 0 atom stereocenters. The van der Waals surface area contributed by atoms with Crippen LogP contribution in [0.25, 0.3) is 32.8 Å². The second-order valence-corrected chi connectivity index (χ2v) is 5.70. The number of allylic oxidation sites excluding steroid dienone is 1. The summed E-state index contributed by atoms with van der Waals surface area (Å²) in [6, 6.07) is 25.5. The summed E-state index contributed by atoms with van der Waals surface area (Å²) >= 11 is 0. The zero-order valence-corrected chi connectivity index (χ0v) is 12.9. The third kappa shape index (κ3) is 2.40. The van der Waals surface area contributed by atoms with Crippen LogP contribution in [0.3, 0.4) is 0 Å². The molecule has 0 aliphatic carbocycles. The van der Waals surface area contributed by atoms with E-state index in [0.717, 1.165) is 17.8 Å². The van der Waals surface area contributed by atoms with Crippen molar-refractivity contribution < 1.29 is 0 Å². The molecule has 0 saturated heterocycles. The number of benzene rings is 3. The van der Waals surface area contributed by atoms with Crippen LogP contribution in [0.5, 0.6) is 0 Å². The number of pyridine rings is 1. The highest BCUT2D eigenvalue weighted by Crippen LogP contribution is 2.32. The van der Waals surface area contributed by atoms with Gasteiger partial charge in [-0.25, -0.2) is 0 Å². The summed E-state index contributed by atoms with van der Waals surface area (Å²) in [4.78, 5) is 4.94. The van der Waals surface area contributed by atoms with Crippen molar-refractivity contribution in [3.8, 4) is 11.3 Å². The summed E-state index contributed by atoms with van der Waals surface area (Å²) in [5.41, 5.74) is 3.29. The maximum Gasteiger partial charge on any atom is 0.0789 e. The van der Waals surface area contributed by atoms with Crippen molar-refractivity contribution in [2.75, 3.05) is 0 Å². The van der Waals surface area contributed by atoms with E-state index in [1.165, 1.54) is 27.1 Å². The highest BCUT2D eigenvalue weighted by molar-refractivity contribution is 6.03. The Morgan fingerprint density at radius 1 is 0.783 bits per heavy atom. The van der Waals surface area contributed by atoms with Crippen molar-refractivity contribution in [2.45, 2.75) is 6.42 Å². The lowest BCUT2D eigenvalue weighted by Crippen LogP contribution is -1.94. The fraction of sp³-hybridized carbons (Fsp3) is 0.0455. The Morgan fingerprint density at radius 3 is 2.30 bits per heavy atom. The minimum absolute atomic E-state index is 0.780. The first-order chi connectivity index (χ1) is 11.4. The van der Waals surface area contributed by atoms with Crippen molar-refractivity contribution in [1.82, 2.24) is 4.98 Å². The van der Waals surface area contributed by atoms with Crippen LogP contribution >= 0.6 is 0 Å². The molecule has 3 aromatic carbocycles. The van der Waals surface area contributed by atoms with Gasteiger partial charge in [0.1, 0.15) is 0 Å². The van der Waals surface area contributed by atoms with Gasteiger partial charge in [0.25, 0.3) is 0 Å². The summed E-state index contributed by atoms with van der Waals surface area (Å²) in [5.74, 6) is 0. The molecule has 23 heavy (non-hydrogen) atoms. The molecule has 4 aromatic rings. The van der Waals surface area contributed by atoms with Gasteiger partial charge in [0.05, 0.1) is 5.69 Å². The van der Waals surface area contributed by atoms with Gasteiger partial charge in [0, 0.05) is 23.1 Å². The maximum atomic E-state index is 4.94. The lowest BCUT2D eigenvalue weighted by molar-refractivity contribution is 1.13. The molecule has 1 heteroatoms. The zero-order chi connectivity index (χ0) is 15.6.